The number of rotatable bonds is 42. The SMILES string of the molecule is CCCSCCCOC[C@H]1O[C@@H](OCCOCCOCCNC(=O)OCC2c3ccccc3-c3ccccc32)[C@H](OCCCSCCNC(=O)OC(C)(C)C)[C@@H](OCCCSCCC)[C@@H]1COCCSCCC. The van der Waals surface area contributed by atoms with Crippen LogP contribution in [-0.2, 0) is 47.4 Å². The molecule has 2 aliphatic rings. The first-order chi connectivity index (χ1) is 35.7. The van der Waals surface area contributed by atoms with Crippen molar-refractivity contribution in [3.8, 4) is 11.1 Å². The standard InChI is InChI=1S/C55H90N2O12S4/c1-7-32-70-35-14-23-62-42-49-48(40-63-31-39-72-34-9-3)50(64-24-15-36-71-33-8-2)51(65-25-16-37-73-38-22-57-54(59)69-55(4,5)6)52(68-49)66-30-29-61-28-27-60-26-21-56-53(58)67-41-47-45-19-12-10-17-43(45)44-18-11-13-20-46(44)47/h10-13,17-20,47-52H,7-9,14-16,21-42H2,1-6H3,(H,56,58)(H,57,59)/t48-,49-,50+,51-,52-/m1/s1. The average molecular weight is 1100 g/mol. The first kappa shape index (κ1) is 63.6. The lowest BCUT2D eigenvalue weighted by molar-refractivity contribution is -0.313. The summed E-state index contributed by atoms with van der Waals surface area (Å²) in [6.45, 7) is 18.1. The van der Waals surface area contributed by atoms with E-state index in [0.717, 1.165) is 78.1 Å². The molecule has 2 amide bonds. The van der Waals surface area contributed by atoms with E-state index in [4.69, 9.17) is 47.4 Å². The van der Waals surface area contributed by atoms with Crippen molar-refractivity contribution in [1.82, 2.24) is 10.6 Å². The topological polar surface area (TPSA) is 150 Å². The second-order valence-electron chi connectivity index (χ2n) is 18.8. The van der Waals surface area contributed by atoms with Gasteiger partial charge in [0.15, 0.2) is 6.29 Å². The number of carbonyl (C=O) groups is 2. The number of fused-ring (bicyclic) bond motifs is 3. The lowest BCUT2D eigenvalue weighted by Crippen LogP contribution is -2.59. The molecule has 0 spiro atoms. The largest absolute Gasteiger partial charge is 0.449 e. The van der Waals surface area contributed by atoms with Gasteiger partial charge in [-0.25, -0.2) is 9.59 Å². The Morgan fingerprint density at radius 3 is 1.73 bits per heavy atom. The van der Waals surface area contributed by atoms with Crippen LogP contribution in [0.3, 0.4) is 0 Å². The zero-order chi connectivity index (χ0) is 52.2. The van der Waals surface area contributed by atoms with Crippen molar-refractivity contribution in [3.63, 3.8) is 0 Å². The van der Waals surface area contributed by atoms with Crippen LogP contribution in [0.5, 0.6) is 0 Å². The van der Waals surface area contributed by atoms with E-state index in [1.54, 1.807) is 11.8 Å². The predicted octanol–water partition coefficient (Wildman–Crippen LogP) is 10.6. The number of hydrogen-bond donors (Lipinski definition) is 2. The number of amides is 2. The number of hydrogen-bond acceptors (Lipinski definition) is 16. The predicted molar refractivity (Wildman–Crippen MR) is 302 cm³/mol. The van der Waals surface area contributed by atoms with Crippen molar-refractivity contribution in [2.24, 2.45) is 5.92 Å². The van der Waals surface area contributed by atoms with Gasteiger partial charge in [-0.2, -0.15) is 47.0 Å². The molecular formula is C55H90N2O12S4. The molecule has 0 saturated carbocycles. The molecule has 0 unspecified atom stereocenters. The van der Waals surface area contributed by atoms with Gasteiger partial charge in [-0.05, 0) is 116 Å². The highest BCUT2D eigenvalue weighted by atomic mass is 32.2. The van der Waals surface area contributed by atoms with Crippen molar-refractivity contribution in [1.29, 1.82) is 0 Å². The Morgan fingerprint density at radius 1 is 0.534 bits per heavy atom. The molecule has 4 rings (SSSR count). The number of benzene rings is 2. The fourth-order valence-corrected chi connectivity index (χ4v) is 11.3. The van der Waals surface area contributed by atoms with Crippen LogP contribution in [0.2, 0.25) is 0 Å². The molecule has 2 aromatic carbocycles. The molecule has 1 heterocycles. The molecule has 2 aromatic rings. The Morgan fingerprint density at radius 2 is 1.08 bits per heavy atom. The van der Waals surface area contributed by atoms with E-state index in [2.05, 4.69) is 55.7 Å². The Balaban J connectivity index is 1.29. The summed E-state index contributed by atoms with van der Waals surface area (Å²) in [4.78, 5) is 24.7. The quantitative estimate of drug-likeness (QED) is 0.0607. The monoisotopic (exact) mass is 1100 g/mol. The highest BCUT2D eigenvalue weighted by Crippen LogP contribution is 2.44. The molecule has 1 aliphatic heterocycles. The summed E-state index contributed by atoms with van der Waals surface area (Å²) in [5, 5.41) is 5.64. The molecule has 73 heavy (non-hydrogen) atoms. The molecule has 0 radical (unpaired) electrons. The summed E-state index contributed by atoms with van der Waals surface area (Å²) in [6.07, 6.45) is 3.34. The summed E-state index contributed by atoms with van der Waals surface area (Å²) < 4.78 is 62.5. The number of nitrogens with one attached hydrogen (secondary N) is 2. The molecule has 14 nitrogen and oxygen atoms in total. The second kappa shape index (κ2) is 39.4. The smallest absolute Gasteiger partial charge is 0.407 e. The number of thioether (sulfide) groups is 4. The maximum absolute atomic E-state index is 12.6. The molecule has 416 valence electrons. The summed E-state index contributed by atoms with van der Waals surface area (Å²) in [5.41, 5.74) is 4.20. The van der Waals surface area contributed by atoms with Crippen molar-refractivity contribution >= 4 is 59.2 Å². The average Bonchev–Trinajstić information content (AvgIpc) is 3.70. The van der Waals surface area contributed by atoms with Gasteiger partial charge in [0.2, 0.25) is 0 Å². The summed E-state index contributed by atoms with van der Waals surface area (Å²) >= 11 is 7.58. The maximum atomic E-state index is 12.6. The van der Waals surface area contributed by atoms with Crippen LogP contribution in [0.15, 0.2) is 48.5 Å². The molecule has 18 heteroatoms. The maximum Gasteiger partial charge on any atom is 0.407 e. The minimum Gasteiger partial charge on any atom is -0.449 e. The van der Waals surface area contributed by atoms with E-state index in [9.17, 15) is 9.59 Å². The lowest BCUT2D eigenvalue weighted by atomic mass is 9.89. The van der Waals surface area contributed by atoms with Crippen LogP contribution in [0.25, 0.3) is 11.1 Å². The van der Waals surface area contributed by atoms with Gasteiger partial charge < -0.3 is 58.0 Å². The van der Waals surface area contributed by atoms with Gasteiger partial charge in [0.25, 0.3) is 0 Å². The first-order valence-electron chi connectivity index (χ1n) is 26.8. The fraction of sp³-hybridized carbons (Fsp3) is 0.745. The van der Waals surface area contributed by atoms with E-state index in [1.165, 1.54) is 28.7 Å². The zero-order valence-electron chi connectivity index (χ0n) is 44.9. The number of alkyl carbamates (subject to hydrolysis) is 2. The Labute approximate surface area is 455 Å². The van der Waals surface area contributed by atoms with E-state index >= 15 is 0 Å². The van der Waals surface area contributed by atoms with Gasteiger partial charge in [-0.3, -0.25) is 0 Å². The number of carbonyl (C=O) groups excluding carboxylic acids is 2. The second-order valence-corrected chi connectivity index (χ2v) is 23.7. The Hall–Kier alpha value is -1.94. The van der Waals surface area contributed by atoms with Crippen LogP contribution < -0.4 is 10.6 Å². The third kappa shape index (κ3) is 26.3. The minimum atomic E-state index is -0.723. The van der Waals surface area contributed by atoms with Crippen molar-refractivity contribution in [3.05, 3.63) is 59.7 Å². The van der Waals surface area contributed by atoms with Gasteiger partial charge in [-0.1, -0.05) is 69.3 Å². The molecule has 0 bridgehead atoms. The van der Waals surface area contributed by atoms with Crippen molar-refractivity contribution < 1.29 is 57.0 Å². The van der Waals surface area contributed by atoms with Crippen LogP contribution in [0, 0.1) is 5.92 Å². The molecular weight excluding hydrogens is 1010 g/mol. The van der Waals surface area contributed by atoms with Crippen molar-refractivity contribution in [2.75, 3.05) is 138 Å². The van der Waals surface area contributed by atoms with Crippen LogP contribution in [0.4, 0.5) is 9.59 Å². The van der Waals surface area contributed by atoms with Gasteiger partial charge in [0, 0.05) is 56.3 Å². The third-order valence-corrected chi connectivity index (χ3v) is 16.3. The molecule has 5 atom stereocenters. The van der Waals surface area contributed by atoms with E-state index in [1.807, 2.05) is 80.3 Å². The highest BCUT2D eigenvalue weighted by molar-refractivity contribution is 7.99. The fourth-order valence-electron chi connectivity index (χ4n) is 8.21. The van der Waals surface area contributed by atoms with E-state index in [-0.39, 0.29) is 37.3 Å². The highest BCUT2D eigenvalue weighted by Gasteiger charge is 2.48. The minimum absolute atomic E-state index is 0.00555. The van der Waals surface area contributed by atoms with Crippen molar-refractivity contribution in [2.45, 2.75) is 116 Å². The zero-order valence-corrected chi connectivity index (χ0v) is 48.2. The van der Waals surface area contributed by atoms with Gasteiger partial charge >= 0.3 is 12.2 Å². The summed E-state index contributed by atoms with van der Waals surface area (Å²) in [6, 6.07) is 16.6. The molecule has 1 saturated heterocycles. The summed E-state index contributed by atoms with van der Waals surface area (Å²) in [5.74, 6) is 7.89. The van der Waals surface area contributed by atoms with E-state index < -0.39 is 30.2 Å². The van der Waals surface area contributed by atoms with E-state index in [0.29, 0.717) is 79.2 Å². The van der Waals surface area contributed by atoms with Crippen LogP contribution in [0.1, 0.15) is 97.1 Å². The van der Waals surface area contributed by atoms with Crippen LogP contribution >= 0.6 is 47.0 Å². The Kier molecular flexibility index (Phi) is 34.3. The lowest BCUT2D eigenvalue weighted by Gasteiger charge is -2.46. The molecule has 1 aliphatic carbocycles. The first-order valence-corrected chi connectivity index (χ1v) is 31.5. The molecule has 1 fully saturated rings. The van der Waals surface area contributed by atoms with Gasteiger partial charge in [0.1, 0.15) is 18.3 Å². The summed E-state index contributed by atoms with van der Waals surface area (Å²) in [7, 11) is 0. The molecule has 0 aromatic heterocycles. The normalized spacial score (nSPS) is 18.6. The molecule has 2 N–H and O–H groups in total. The van der Waals surface area contributed by atoms with Gasteiger partial charge in [0.05, 0.1) is 65.1 Å². The van der Waals surface area contributed by atoms with Crippen LogP contribution in [-0.4, -0.2) is 181 Å². The third-order valence-electron chi connectivity index (χ3n) is 11.5. The van der Waals surface area contributed by atoms with Gasteiger partial charge in [-0.15, -0.1) is 0 Å². The Bertz CT molecular complexity index is 1700. The number of ether oxygens (including phenoxy) is 10.